The molecule has 0 aliphatic carbocycles. The summed E-state index contributed by atoms with van der Waals surface area (Å²) in [5, 5.41) is 0. The highest BCUT2D eigenvalue weighted by atomic mass is 15.1. The highest BCUT2D eigenvalue weighted by molar-refractivity contribution is 5.71. The molecule has 4 heteroatoms. The lowest BCUT2D eigenvalue weighted by atomic mass is 9.94. The van der Waals surface area contributed by atoms with Crippen LogP contribution in [-0.2, 0) is 13.0 Å². The normalized spacial score (nSPS) is 20.6. The molecule has 3 heterocycles. The molecule has 0 aromatic carbocycles. The first-order valence-electron chi connectivity index (χ1n) is 7.84. The quantitative estimate of drug-likeness (QED) is 0.858. The molecule has 1 saturated heterocycles. The van der Waals surface area contributed by atoms with E-state index in [0.29, 0.717) is 0 Å². The van der Waals surface area contributed by atoms with Gasteiger partial charge in [-0.1, -0.05) is 6.92 Å². The van der Waals surface area contributed by atoms with Crippen molar-refractivity contribution in [2.75, 3.05) is 19.6 Å². The van der Waals surface area contributed by atoms with E-state index in [1.165, 1.54) is 38.3 Å². The monoisotopic (exact) mass is 272 g/mol. The van der Waals surface area contributed by atoms with Crippen molar-refractivity contribution in [3.63, 3.8) is 0 Å². The first-order valence-corrected chi connectivity index (χ1v) is 7.84. The van der Waals surface area contributed by atoms with Crippen molar-refractivity contribution < 1.29 is 0 Å². The summed E-state index contributed by atoms with van der Waals surface area (Å²) in [6, 6.07) is 4.04. The van der Waals surface area contributed by atoms with Gasteiger partial charge < -0.3 is 9.47 Å². The van der Waals surface area contributed by atoms with Crippen molar-refractivity contribution in [3.05, 3.63) is 24.2 Å². The van der Waals surface area contributed by atoms with Gasteiger partial charge in [0.2, 0.25) is 0 Å². The number of imidazole rings is 1. The fraction of sp³-hybridized carbons (Fsp3) is 0.625. The summed E-state index contributed by atoms with van der Waals surface area (Å²) >= 11 is 0. The van der Waals surface area contributed by atoms with E-state index in [1.807, 2.05) is 12.3 Å². The Morgan fingerprint density at radius 1 is 1.30 bits per heavy atom. The van der Waals surface area contributed by atoms with Gasteiger partial charge in [-0.25, -0.2) is 9.97 Å². The van der Waals surface area contributed by atoms with Gasteiger partial charge in [-0.3, -0.25) is 0 Å². The zero-order chi connectivity index (χ0) is 13.9. The Balaban J connectivity index is 1.83. The topological polar surface area (TPSA) is 34.0 Å². The molecule has 4 nitrogen and oxygen atoms in total. The minimum absolute atomic E-state index is 0.741. The summed E-state index contributed by atoms with van der Waals surface area (Å²) < 4.78 is 2.28. The molecule has 0 amide bonds. The van der Waals surface area contributed by atoms with Crippen LogP contribution in [0.3, 0.4) is 0 Å². The van der Waals surface area contributed by atoms with E-state index < -0.39 is 0 Å². The van der Waals surface area contributed by atoms with Crippen molar-refractivity contribution in [2.45, 2.75) is 39.7 Å². The predicted molar refractivity (Wildman–Crippen MR) is 81.7 cm³/mol. The third-order valence-electron chi connectivity index (χ3n) is 4.42. The first-order chi connectivity index (χ1) is 9.81. The van der Waals surface area contributed by atoms with Gasteiger partial charge in [-0.05, 0) is 50.9 Å². The molecule has 0 bridgehead atoms. The number of likely N-dealkylation sites (tertiary alicyclic amines) is 1. The van der Waals surface area contributed by atoms with E-state index in [4.69, 9.17) is 4.98 Å². The largest absolute Gasteiger partial charge is 0.313 e. The molecule has 0 spiro atoms. The molecule has 1 atom stereocenters. The lowest BCUT2D eigenvalue weighted by Gasteiger charge is -2.31. The molecular weight excluding hydrogens is 248 g/mol. The van der Waals surface area contributed by atoms with Gasteiger partial charge in [0, 0.05) is 25.7 Å². The number of aryl methyl sites for hydroxylation is 1. The molecule has 1 aliphatic rings. The summed E-state index contributed by atoms with van der Waals surface area (Å²) in [6.45, 7) is 9.04. The Morgan fingerprint density at radius 2 is 2.20 bits per heavy atom. The maximum Gasteiger partial charge on any atom is 0.159 e. The van der Waals surface area contributed by atoms with Gasteiger partial charge in [0.15, 0.2) is 5.65 Å². The second-order valence-electron chi connectivity index (χ2n) is 5.72. The minimum Gasteiger partial charge on any atom is -0.313 e. The lowest BCUT2D eigenvalue weighted by molar-refractivity contribution is 0.180. The van der Waals surface area contributed by atoms with Crippen LogP contribution in [0.25, 0.3) is 11.2 Å². The van der Waals surface area contributed by atoms with Crippen LogP contribution in [0.4, 0.5) is 0 Å². The fourth-order valence-electron chi connectivity index (χ4n) is 3.36. The molecule has 0 radical (unpaired) electrons. The minimum atomic E-state index is 0.741. The Labute approximate surface area is 120 Å². The fourth-order valence-corrected chi connectivity index (χ4v) is 3.36. The van der Waals surface area contributed by atoms with E-state index in [-0.39, 0.29) is 0 Å². The van der Waals surface area contributed by atoms with Crippen LogP contribution >= 0.6 is 0 Å². The zero-order valence-electron chi connectivity index (χ0n) is 12.5. The van der Waals surface area contributed by atoms with Crippen molar-refractivity contribution in [1.29, 1.82) is 0 Å². The third kappa shape index (κ3) is 2.57. The number of nitrogens with zero attached hydrogens (tertiary/aromatic N) is 4. The summed E-state index contributed by atoms with van der Waals surface area (Å²) in [5.41, 5.74) is 2.07. The summed E-state index contributed by atoms with van der Waals surface area (Å²) in [6.07, 6.45) is 5.60. The summed E-state index contributed by atoms with van der Waals surface area (Å²) in [4.78, 5) is 11.9. The van der Waals surface area contributed by atoms with E-state index in [2.05, 4.69) is 34.4 Å². The number of hydrogen-bond donors (Lipinski definition) is 0. The van der Waals surface area contributed by atoms with Crippen LogP contribution in [-0.4, -0.2) is 39.1 Å². The molecule has 0 saturated carbocycles. The average Bonchev–Trinajstić information content (AvgIpc) is 2.84. The first kappa shape index (κ1) is 13.6. The maximum atomic E-state index is 4.81. The van der Waals surface area contributed by atoms with E-state index in [9.17, 15) is 0 Å². The van der Waals surface area contributed by atoms with Gasteiger partial charge in [0.1, 0.15) is 11.3 Å². The Bertz CT molecular complexity index is 575. The van der Waals surface area contributed by atoms with E-state index >= 15 is 0 Å². The Hall–Kier alpha value is -1.42. The smallest absolute Gasteiger partial charge is 0.159 e. The van der Waals surface area contributed by atoms with Crippen LogP contribution in [0.5, 0.6) is 0 Å². The van der Waals surface area contributed by atoms with Gasteiger partial charge in [0.05, 0.1) is 0 Å². The highest BCUT2D eigenvalue weighted by Crippen LogP contribution is 2.22. The number of fused-ring (bicyclic) bond motifs is 1. The SMILES string of the molecule is CCN1CCCC(Cc2nc3cccnc3n2CC)C1. The summed E-state index contributed by atoms with van der Waals surface area (Å²) in [5.74, 6) is 1.95. The Morgan fingerprint density at radius 3 is 3.00 bits per heavy atom. The van der Waals surface area contributed by atoms with Crippen molar-refractivity contribution in [3.8, 4) is 0 Å². The number of rotatable bonds is 4. The molecule has 108 valence electrons. The van der Waals surface area contributed by atoms with Crippen LogP contribution < -0.4 is 0 Å². The van der Waals surface area contributed by atoms with Crippen LogP contribution in [0, 0.1) is 5.92 Å². The molecule has 1 fully saturated rings. The van der Waals surface area contributed by atoms with Gasteiger partial charge in [-0.15, -0.1) is 0 Å². The lowest BCUT2D eigenvalue weighted by Crippen LogP contribution is -2.36. The second kappa shape index (κ2) is 5.92. The maximum absolute atomic E-state index is 4.81. The average molecular weight is 272 g/mol. The van der Waals surface area contributed by atoms with Crippen molar-refractivity contribution >= 4 is 11.2 Å². The van der Waals surface area contributed by atoms with Crippen LogP contribution in [0.1, 0.15) is 32.5 Å². The number of hydrogen-bond acceptors (Lipinski definition) is 3. The molecule has 20 heavy (non-hydrogen) atoms. The van der Waals surface area contributed by atoms with Crippen LogP contribution in [0.2, 0.25) is 0 Å². The van der Waals surface area contributed by atoms with Gasteiger partial charge in [-0.2, -0.15) is 0 Å². The highest BCUT2D eigenvalue weighted by Gasteiger charge is 2.21. The Kier molecular flexibility index (Phi) is 4.01. The predicted octanol–water partition coefficient (Wildman–Crippen LogP) is 2.73. The number of pyridine rings is 1. The molecule has 2 aromatic heterocycles. The van der Waals surface area contributed by atoms with Gasteiger partial charge in [0.25, 0.3) is 0 Å². The molecule has 1 unspecified atom stereocenters. The van der Waals surface area contributed by atoms with Crippen molar-refractivity contribution in [1.82, 2.24) is 19.4 Å². The third-order valence-corrected chi connectivity index (χ3v) is 4.42. The van der Waals surface area contributed by atoms with E-state index in [1.54, 1.807) is 0 Å². The zero-order valence-corrected chi connectivity index (χ0v) is 12.5. The summed E-state index contributed by atoms with van der Waals surface area (Å²) in [7, 11) is 0. The molecule has 0 N–H and O–H groups in total. The molecule has 1 aliphatic heterocycles. The number of aromatic nitrogens is 3. The standard InChI is InChI=1S/C16H24N4/c1-3-19-10-6-7-13(12-19)11-15-18-14-8-5-9-17-16(14)20(15)4-2/h5,8-9,13H,3-4,6-7,10-12H2,1-2H3. The molecule has 3 rings (SSSR count). The molecule has 2 aromatic rings. The van der Waals surface area contributed by atoms with Crippen LogP contribution in [0.15, 0.2) is 18.3 Å². The molecular formula is C16H24N4. The van der Waals surface area contributed by atoms with E-state index in [0.717, 1.165) is 30.0 Å². The van der Waals surface area contributed by atoms with Gasteiger partial charge >= 0.3 is 0 Å². The second-order valence-corrected chi connectivity index (χ2v) is 5.72. The van der Waals surface area contributed by atoms with Crippen molar-refractivity contribution in [2.24, 2.45) is 5.92 Å². The number of piperidine rings is 1.